The Labute approximate surface area is 213 Å². The van der Waals surface area contributed by atoms with E-state index in [0.717, 1.165) is 49.8 Å². The fourth-order valence-corrected chi connectivity index (χ4v) is 4.29. The van der Waals surface area contributed by atoms with E-state index in [1.54, 1.807) is 0 Å². The van der Waals surface area contributed by atoms with Crippen molar-refractivity contribution in [2.75, 3.05) is 36.8 Å². The summed E-state index contributed by atoms with van der Waals surface area (Å²) in [6.07, 6.45) is 0. The number of rotatable bonds is 4. The fraction of sp³-hybridized carbons (Fsp3) is 0.333. The van der Waals surface area contributed by atoms with Crippen LogP contribution in [0, 0.1) is 27.7 Å². The van der Waals surface area contributed by atoms with Crippen molar-refractivity contribution >= 4 is 34.9 Å². The van der Waals surface area contributed by atoms with Crippen molar-refractivity contribution in [1.82, 2.24) is 19.8 Å². The Morgan fingerprint density at radius 1 is 0.857 bits per heavy atom. The molecule has 182 valence electrons. The predicted octanol–water partition coefficient (Wildman–Crippen LogP) is 4.69. The number of benzene rings is 2. The summed E-state index contributed by atoms with van der Waals surface area (Å²) in [6.45, 7) is 12.6. The highest BCUT2D eigenvalue weighted by Crippen LogP contribution is 2.15. The van der Waals surface area contributed by atoms with Gasteiger partial charge in [0.1, 0.15) is 0 Å². The molecule has 0 bridgehead atoms. The zero-order valence-electron chi connectivity index (χ0n) is 20.9. The van der Waals surface area contributed by atoms with Crippen molar-refractivity contribution in [3.05, 3.63) is 82.7 Å². The number of hydrogen-bond donors (Lipinski definition) is 2. The van der Waals surface area contributed by atoms with E-state index in [0.29, 0.717) is 17.0 Å². The average molecular weight is 488 g/mol. The first-order valence-electron chi connectivity index (χ1n) is 11.9. The lowest BCUT2D eigenvalue weighted by Crippen LogP contribution is -2.50. The molecule has 35 heavy (non-hydrogen) atoms. The molecule has 0 unspecified atom stereocenters. The molecule has 1 saturated heterocycles. The molecule has 7 nitrogen and oxygen atoms in total. The molecule has 1 fully saturated rings. The molecular weight excluding hydrogens is 454 g/mol. The number of piperazine rings is 1. The molecule has 2 heterocycles. The smallest absolute Gasteiger partial charge is 0.229 e. The Morgan fingerprint density at radius 3 is 2.20 bits per heavy atom. The van der Waals surface area contributed by atoms with E-state index in [1.165, 1.54) is 16.7 Å². The molecule has 0 spiro atoms. The van der Waals surface area contributed by atoms with Crippen molar-refractivity contribution in [2.45, 2.75) is 34.2 Å². The van der Waals surface area contributed by atoms with E-state index >= 15 is 0 Å². The van der Waals surface area contributed by atoms with Gasteiger partial charge in [0.25, 0.3) is 0 Å². The molecule has 1 aromatic heterocycles. The zero-order chi connectivity index (χ0) is 24.8. The van der Waals surface area contributed by atoms with Gasteiger partial charge in [-0.3, -0.25) is 10.2 Å². The van der Waals surface area contributed by atoms with Crippen LogP contribution >= 0.6 is 12.2 Å². The van der Waals surface area contributed by atoms with Crippen LogP contribution in [0.1, 0.15) is 28.1 Å². The Balaban J connectivity index is 1.49. The first kappa shape index (κ1) is 24.8. The molecule has 0 radical (unpaired) electrons. The van der Waals surface area contributed by atoms with Crippen molar-refractivity contribution in [2.24, 2.45) is 4.99 Å². The summed E-state index contributed by atoms with van der Waals surface area (Å²) in [5.41, 5.74) is 6.52. The number of guanidine groups is 1. The fourth-order valence-electron chi connectivity index (χ4n) is 4.09. The van der Waals surface area contributed by atoms with Crippen LogP contribution in [0.15, 0.2) is 59.6 Å². The van der Waals surface area contributed by atoms with Crippen LogP contribution in [0.4, 0.5) is 11.6 Å². The number of aryl methyl sites for hydroxylation is 4. The number of aliphatic imine (C=N–C) groups is 1. The largest absolute Gasteiger partial charge is 0.340 e. The van der Waals surface area contributed by atoms with E-state index in [-0.39, 0.29) is 0 Å². The van der Waals surface area contributed by atoms with Crippen LogP contribution in [-0.2, 0) is 6.54 Å². The topological polar surface area (TPSA) is 68.7 Å². The highest BCUT2D eigenvalue weighted by molar-refractivity contribution is 7.80. The van der Waals surface area contributed by atoms with Crippen molar-refractivity contribution in [1.29, 1.82) is 0 Å². The van der Waals surface area contributed by atoms with Gasteiger partial charge in [-0.15, -0.1) is 0 Å². The summed E-state index contributed by atoms with van der Waals surface area (Å²) >= 11 is 5.62. The van der Waals surface area contributed by atoms with Gasteiger partial charge in [-0.25, -0.2) is 9.97 Å². The van der Waals surface area contributed by atoms with Gasteiger partial charge in [-0.2, -0.15) is 4.99 Å². The molecule has 4 rings (SSSR count). The molecule has 0 atom stereocenters. The summed E-state index contributed by atoms with van der Waals surface area (Å²) in [5.74, 6) is 1.19. The Morgan fingerprint density at radius 2 is 1.54 bits per heavy atom. The normalized spacial score (nSPS) is 14.6. The second-order valence-corrected chi connectivity index (χ2v) is 9.40. The first-order valence-corrected chi connectivity index (χ1v) is 12.3. The van der Waals surface area contributed by atoms with Gasteiger partial charge in [-0.1, -0.05) is 36.4 Å². The third-order valence-electron chi connectivity index (χ3n) is 6.09. The van der Waals surface area contributed by atoms with Gasteiger partial charge in [0.15, 0.2) is 0 Å². The van der Waals surface area contributed by atoms with E-state index in [1.807, 2.05) is 26.0 Å². The van der Waals surface area contributed by atoms with Crippen LogP contribution in [0.25, 0.3) is 0 Å². The number of nitrogens with one attached hydrogen (secondary N) is 2. The maximum Gasteiger partial charge on any atom is 0.229 e. The molecule has 2 N–H and O–H groups in total. The minimum Gasteiger partial charge on any atom is -0.340 e. The van der Waals surface area contributed by atoms with Crippen molar-refractivity contribution < 1.29 is 0 Å². The molecule has 2 aromatic carbocycles. The zero-order valence-corrected chi connectivity index (χ0v) is 21.7. The average Bonchev–Trinajstić information content (AvgIpc) is 2.82. The molecule has 3 aromatic rings. The van der Waals surface area contributed by atoms with E-state index in [4.69, 9.17) is 17.2 Å². The van der Waals surface area contributed by atoms with E-state index in [2.05, 4.69) is 86.7 Å². The molecule has 0 aliphatic carbocycles. The minimum atomic E-state index is 0.395. The number of hydrogen-bond acceptors (Lipinski definition) is 4. The summed E-state index contributed by atoms with van der Waals surface area (Å²) in [7, 11) is 0. The van der Waals surface area contributed by atoms with Crippen molar-refractivity contribution in [3.63, 3.8) is 0 Å². The molecule has 1 aliphatic heterocycles. The highest BCUT2D eigenvalue weighted by Gasteiger charge is 2.21. The van der Waals surface area contributed by atoms with Gasteiger partial charge in [0.2, 0.25) is 17.0 Å². The van der Waals surface area contributed by atoms with Gasteiger partial charge in [0.05, 0.1) is 0 Å². The van der Waals surface area contributed by atoms with Crippen LogP contribution in [0.3, 0.4) is 0 Å². The number of thiocarbonyl (C=S) groups is 1. The minimum absolute atomic E-state index is 0.395. The second kappa shape index (κ2) is 11.4. The van der Waals surface area contributed by atoms with E-state index < -0.39 is 0 Å². The Hall–Kier alpha value is -3.36. The monoisotopic (exact) mass is 487 g/mol. The third-order valence-corrected chi connectivity index (χ3v) is 6.29. The molecular formula is C27H33N7S. The SMILES string of the molecule is Cc1cc(C)nc(N/C(=N/C(=S)Nc2ccc(C)c(C)c2)N2CCN(Cc3ccccc3)CC2)n1. The Kier molecular flexibility index (Phi) is 8.05. The van der Waals surface area contributed by atoms with Crippen molar-refractivity contribution in [3.8, 4) is 0 Å². The summed E-state index contributed by atoms with van der Waals surface area (Å²) in [5, 5.41) is 6.99. The van der Waals surface area contributed by atoms with Gasteiger partial charge in [0, 0.05) is 49.8 Å². The second-order valence-electron chi connectivity index (χ2n) is 9.01. The summed E-state index contributed by atoms with van der Waals surface area (Å²) < 4.78 is 0. The lowest BCUT2D eigenvalue weighted by atomic mass is 10.1. The summed E-state index contributed by atoms with van der Waals surface area (Å²) in [4.78, 5) is 18.5. The van der Waals surface area contributed by atoms with E-state index in [9.17, 15) is 0 Å². The van der Waals surface area contributed by atoms with Gasteiger partial charge >= 0.3 is 0 Å². The first-order chi connectivity index (χ1) is 16.9. The predicted molar refractivity (Wildman–Crippen MR) is 148 cm³/mol. The number of nitrogens with zero attached hydrogens (tertiary/aromatic N) is 5. The van der Waals surface area contributed by atoms with Crippen LogP contribution < -0.4 is 10.6 Å². The summed E-state index contributed by atoms with van der Waals surface area (Å²) in [6, 6.07) is 18.7. The number of anilines is 2. The maximum absolute atomic E-state index is 5.62. The Bertz CT molecular complexity index is 1180. The molecule has 8 heteroatoms. The van der Waals surface area contributed by atoms with Crippen LogP contribution in [0.2, 0.25) is 0 Å². The quantitative estimate of drug-likeness (QED) is 0.314. The molecule has 0 amide bonds. The number of aromatic nitrogens is 2. The molecule has 1 aliphatic rings. The lowest BCUT2D eigenvalue weighted by Gasteiger charge is -2.36. The standard InChI is InChI=1S/C27H33N7S/c1-19-10-11-24(16-20(19)2)30-27(35)32-26(31-25-28-21(3)17-22(4)29-25)34-14-12-33(13-15-34)18-23-8-6-5-7-9-23/h5-11,16-17H,12-15,18H2,1-4H3,(H2,28,29,30,31,32,35). The highest BCUT2D eigenvalue weighted by atomic mass is 32.1. The van der Waals surface area contributed by atoms with Crippen LogP contribution in [-0.4, -0.2) is 57.0 Å². The van der Waals surface area contributed by atoms with Gasteiger partial charge < -0.3 is 10.2 Å². The maximum atomic E-state index is 5.62. The third kappa shape index (κ3) is 7.07. The molecule has 0 saturated carbocycles. The lowest BCUT2D eigenvalue weighted by molar-refractivity contribution is 0.175. The van der Waals surface area contributed by atoms with Gasteiger partial charge in [-0.05, 0) is 74.8 Å². The van der Waals surface area contributed by atoms with Crippen LogP contribution in [0.5, 0.6) is 0 Å².